The summed E-state index contributed by atoms with van der Waals surface area (Å²) in [4.78, 5) is 12.3. The zero-order valence-corrected chi connectivity index (χ0v) is 15.6. The van der Waals surface area contributed by atoms with E-state index in [1.807, 2.05) is 12.1 Å². The molecule has 0 saturated carbocycles. The van der Waals surface area contributed by atoms with Crippen molar-refractivity contribution >= 4 is 66.0 Å². The summed E-state index contributed by atoms with van der Waals surface area (Å²) in [6.07, 6.45) is 0. The second-order valence-corrected chi connectivity index (χ2v) is 7.09. The Balaban J connectivity index is 2.32. The van der Waals surface area contributed by atoms with Gasteiger partial charge in [-0.3, -0.25) is 4.79 Å². The molecule has 1 amide bonds. The van der Waals surface area contributed by atoms with Gasteiger partial charge < -0.3 is 5.32 Å². The minimum atomic E-state index is -0.350. The van der Waals surface area contributed by atoms with E-state index < -0.39 is 0 Å². The van der Waals surface area contributed by atoms with Crippen LogP contribution in [0, 0.1) is 16.3 Å². The molecule has 0 aliphatic carbocycles. The van der Waals surface area contributed by atoms with Crippen LogP contribution in [0.5, 0.6) is 0 Å². The van der Waals surface area contributed by atoms with Crippen molar-refractivity contribution < 1.29 is 9.18 Å². The molecule has 0 heterocycles. The number of nitrogens with one attached hydrogen (secondary N) is 1. The minimum absolute atomic E-state index is 0.225. The average molecular weight is 513 g/mol. The summed E-state index contributed by atoms with van der Waals surface area (Å²) in [6.45, 7) is 1.75. The summed E-state index contributed by atoms with van der Waals surface area (Å²) in [7, 11) is 0. The molecule has 2 rings (SSSR count). The van der Waals surface area contributed by atoms with Gasteiger partial charge in [-0.15, -0.1) is 0 Å². The molecule has 2 aromatic rings. The first-order valence-corrected chi connectivity index (χ1v) is 8.27. The number of hydrogen-bond donors (Lipinski definition) is 1. The lowest BCUT2D eigenvalue weighted by molar-refractivity contribution is 0.102. The van der Waals surface area contributed by atoms with Gasteiger partial charge in [-0.25, -0.2) is 4.39 Å². The monoisotopic (exact) mass is 511 g/mol. The van der Waals surface area contributed by atoms with Crippen LogP contribution in [0.4, 0.5) is 10.1 Å². The summed E-state index contributed by atoms with van der Waals surface area (Å²) in [5, 5.41) is 2.80. The van der Waals surface area contributed by atoms with E-state index in [0.29, 0.717) is 21.3 Å². The van der Waals surface area contributed by atoms with E-state index in [2.05, 4.69) is 59.8 Å². The zero-order valence-electron chi connectivity index (χ0n) is 10.3. The zero-order chi connectivity index (χ0) is 14.9. The van der Waals surface area contributed by atoms with E-state index >= 15 is 0 Å². The highest BCUT2D eigenvalue weighted by Gasteiger charge is 2.13. The number of hydrogen-bond acceptors (Lipinski definition) is 1. The van der Waals surface area contributed by atoms with Crippen molar-refractivity contribution in [1.82, 2.24) is 0 Å². The molecule has 0 atom stereocenters. The molecule has 0 bridgehead atoms. The maximum atomic E-state index is 13.4. The molecule has 0 aliphatic rings. The Hall–Kier alpha value is -0.470. The molecule has 1 N–H and O–H groups in total. The number of anilines is 1. The Morgan fingerprint density at radius 1 is 1.25 bits per heavy atom. The number of carbonyl (C=O) groups is 1. The third-order valence-corrected chi connectivity index (χ3v) is 4.73. The molecule has 0 spiro atoms. The summed E-state index contributed by atoms with van der Waals surface area (Å²) in [6, 6.07) is 8.43. The van der Waals surface area contributed by atoms with Crippen LogP contribution < -0.4 is 5.32 Å². The van der Waals surface area contributed by atoms with Crippen molar-refractivity contribution in [2.24, 2.45) is 0 Å². The van der Waals surface area contributed by atoms with Crippen LogP contribution >= 0.6 is 54.5 Å². The van der Waals surface area contributed by atoms with Gasteiger partial charge in [0.05, 0.1) is 10.0 Å². The van der Waals surface area contributed by atoms with Gasteiger partial charge >= 0.3 is 0 Å². The van der Waals surface area contributed by atoms with Crippen LogP contribution in [-0.2, 0) is 0 Å². The summed E-state index contributed by atoms with van der Waals surface area (Å²) < 4.78 is 15.4. The molecule has 0 saturated heterocycles. The lowest BCUT2D eigenvalue weighted by Gasteiger charge is -2.11. The Kier molecular flexibility index (Phi) is 5.19. The fourth-order valence-corrected chi connectivity index (χ4v) is 2.93. The number of aryl methyl sites for hydroxylation is 1. The Morgan fingerprint density at radius 2 is 1.95 bits per heavy atom. The number of amides is 1. The molecular weight excluding hydrogens is 504 g/mol. The predicted molar refractivity (Wildman–Crippen MR) is 93.6 cm³/mol. The second kappa shape index (κ2) is 6.53. The van der Waals surface area contributed by atoms with Crippen LogP contribution in [0.2, 0.25) is 0 Å². The Morgan fingerprint density at radius 3 is 2.65 bits per heavy atom. The molecule has 0 aromatic heterocycles. The highest BCUT2D eigenvalue weighted by Crippen LogP contribution is 2.26. The number of rotatable bonds is 2. The molecule has 2 nitrogen and oxygen atoms in total. The van der Waals surface area contributed by atoms with Crippen LogP contribution in [0.25, 0.3) is 0 Å². The van der Waals surface area contributed by atoms with Crippen molar-refractivity contribution in [3.63, 3.8) is 0 Å². The fourth-order valence-electron chi connectivity index (χ4n) is 1.64. The molecule has 2 aromatic carbocycles. The normalized spacial score (nSPS) is 10.4. The van der Waals surface area contributed by atoms with E-state index in [1.165, 1.54) is 6.07 Å². The van der Waals surface area contributed by atoms with Gasteiger partial charge in [0.25, 0.3) is 5.91 Å². The first-order chi connectivity index (χ1) is 9.38. The van der Waals surface area contributed by atoms with E-state index in [9.17, 15) is 9.18 Å². The average Bonchev–Trinajstić information content (AvgIpc) is 2.38. The fraction of sp³-hybridized carbons (Fsp3) is 0.0714. The molecule has 6 heteroatoms. The first kappa shape index (κ1) is 15.9. The van der Waals surface area contributed by atoms with E-state index in [0.717, 1.165) is 8.04 Å². The number of benzene rings is 2. The largest absolute Gasteiger partial charge is 0.322 e. The van der Waals surface area contributed by atoms with Gasteiger partial charge in [-0.1, -0.05) is 15.9 Å². The van der Waals surface area contributed by atoms with Crippen LogP contribution in [0.1, 0.15) is 15.9 Å². The highest BCUT2D eigenvalue weighted by molar-refractivity contribution is 14.1. The van der Waals surface area contributed by atoms with Crippen LogP contribution in [-0.4, -0.2) is 5.91 Å². The van der Waals surface area contributed by atoms with Gasteiger partial charge in [-0.05, 0) is 81.3 Å². The molecule has 0 aliphatic heterocycles. The highest BCUT2D eigenvalue weighted by atomic mass is 127. The molecule has 0 radical (unpaired) electrons. The van der Waals surface area contributed by atoms with Crippen molar-refractivity contribution in [3.8, 4) is 0 Å². The van der Waals surface area contributed by atoms with Gasteiger partial charge in [0.15, 0.2) is 0 Å². The third kappa shape index (κ3) is 3.59. The maximum absolute atomic E-state index is 13.4. The Labute approximate surface area is 146 Å². The maximum Gasteiger partial charge on any atom is 0.256 e. The number of carbonyl (C=O) groups excluding carboxylic acids is 1. The molecule has 0 unspecified atom stereocenters. The predicted octanol–water partition coefficient (Wildman–Crippen LogP) is 5.52. The lowest BCUT2D eigenvalue weighted by atomic mass is 10.1. The van der Waals surface area contributed by atoms with Crippen molar-refractivity contribution in [2.45, 2.75) is 6.92 Å². The van der Waals surface area contributed by atoms with Crippen molar-refractivity contribution in [2.75, 3.05) is 5.32 Å². The lowest BCUT2D eigenvalue weighted by Crippen LogP contribution is -2.14. The number of halogens is 4. The van der Waals surface area contributed by atoms with Gasteiger partial charge in [0, 0.05) is 13.7 Å². The van der Waals surface area contributed by atoms with Gasteiger partial charge in [-0.2, -0.15) is 0 Å². The van der Waals surface area contributed by atoms with Crippen LogP contribution in [0.15, 0.2) is 39.3 Å². The summed E-state index contributed by atoms with van der Waals surface area (Å²) in [5.74, 6) is -0.574. The smallest absolute Gasteiger partial charge is 0.256 e. The standard InChI is InChI=1S/C14H9Br2FINO/c1-7-4-11(17)10(16)6-13(7)19-14(20)9-5-8(15)2-3-12(9)18/h2-6H,1H3,(H,19,20). The van der Waals surface area contributed by atoms with Crippen molar-refractivity contribution in [1.29, 1.82) is 0 Å². The summed E-state index contributed by atoms with van der Waals surface area (Å²) in [5.41, 5.74) is 1.82. The van der Waals surface area contributed by atoms with Gasteiger partial charge in [0.1, 0.15) is 5.82 Å². The topological polar surface area (TPSA) is 29.1 Å². The van der Waals surface area contributed by atoms with Crippen molar-refractivity contribution in [3.05, 3.63) is 59.8 Å². The van der Waals surface area contributed by atoms with E-state index in [4.69, 9.17) is 0 Å². The minimum Gasteiger partial charge on any atom is -0.322 e. The molecule has 104 valence electrons. The molecule has 20 heavy (non-hydrogen) atoms. The Bertz CT molecular complexity index is 691. The summed E-state index contributed by atoms with van der Waals surface area (Å²) >= 11 is 8.57. The molecular formula is C14H9Br2FINO. The quantitative estimate of drug-likeness (QED) is 0.528. The first-order valence-electron chi connectivity index (χ1n) is 5.60. The van der Waals surface area contributed by atoms with E-state index in [-0.39, 0.29) is 11.7 Å². The van der Waals surface area contributed by atoms with Gasteiger partial charge in [0.2, 0.25) is 0 Å². The van der Waals surface area contributed by atoms with E-state index in [1.54, 1.807) is 19.1 Å². The van der Waals surface area contributed by atoms with Crippen LogP contribution in [0.3, 0.4) is 0 Å². The molecule has 0 fully saturated rings. The third-order valence-electron chi connectivity index (χ3n) is 2.69. The second-order valence-electron chi connectivity index (χ2n) is 4.16. The SMILES string of the molecule is Cc1cc(F)c(Br)cc1NC(=O)c1cc(Br)ccc1I.